The van der Waals surface area contributed by atoms with E-state index in [-0.39, 0.29) is 0 Å². The molecule has 0 radical (unpaired) electrons. The molecule has 92 valence electrons. The number of rotatable bonds is 8. The fourth-order valence-electron chi connectivity index (χ4n) is 1.91. The molecule has 2 nitrogen and oxygen atoms in total. The summed E-state index contributed by atoms with van der Waals surface area (Å²) in [5.41, 5.74) is 0. The lowest BCUT2D eigenvalue weighted by molar-refractivity contribution is 0.261. The van der Waals surface area contributed by atoms with Crippen molar-refractivity contribution in [2.45, 2.75) is 59.0 Å². The van der Waals surface area contributed by atoms with Crippen molar-refractivity contribution in [2.75, 3.05) is 20.6 Å². The van der Waals surface area contributed by atoms with Crippen LogP contribution in [0.2, 0.25) is 0 Å². The molecule has 2 heteroatoms. The van der Waals surface area contributed by atoms with Crippen molar-refractivity contribution in [3.63, 3.8) is 0 Å². The van der Waals surface area contributed by atoms with Gasteiger partial charge in [-0.3, -0.25) is 0 Å². The van der Waals surface area contributed by atoms with Crippen LogP contribution >= 0.6 is 0 Å². The minimum absolute atomic E-state index is 0.622. The van der Waals surface area contributed by atoms with E-state index in [0.29, 0.717) is 18.0 Å². The summed E-state index contributed by atoms with van der Waals surface area (Å²) in [6.45, 7) is 10.3. The van der Waals surface area contributed by atoms with Crippen LogP contribution in [0.3, 0.4) is 0 Å². The molecular weight excluding hydrogens is 184 g/mol. The topological polar surface area (TPSA) is 15.3 Å². The van der Waals surface area contributed by atoms with E-state index in [0.717, 1.165) is 6.54 Å². The quantitative estimate of drug-likeness (QED) is 0.668. The first-order valence-corrected chi connectivity index (χ1v) is 6.41. The van der Waals surface area contributed by atoms with Crippen LogP contribution < -0.4 is 5.32 Å². The van der Waals surface area contributed by atoms with Gasteiger partial charge in [0.1, 0.15) is 0 Å². The first-order valence-electron chi connectivity index (χ1n) is 6.41. The van der Waals surface area contributed by atoms with Crippen LogP contribution in [0.25, 0.3) is 0 Å². The Morgan fingerprint density at radius 3 is 2.07 bits per heavy atom. The molecule has 0 spiro atoms. The van der Waals surface area contributed by atoms with E-state index in [4.69, 9.17) is 0 Å². The van der Waals surface area contributed by atoms with E-state index in [9.17, 15) is 0 Å². The van der Waals surface area contributed by atoms with Crippen LogP contribution in [0.1, 0.15) is 47.0 Å². The predicted octanol–water partition coefficient (Wildman–Crippen LogP) is 2.74. The molecule has 15 heavy (non-hydrogen) atoms. The molecule has 0 aromatic heterocycles. The lowest BCUT2D eigenvalue weighted by atomic mass is 10.0. The Bertz CT molecular complexity index is 143. The largest absolute Gasteiger partial charge is 0.310 e. The van der Waals surface area contributed by atoms with Gasteiger partial charge in [-0.25, -0.2) is 0 Å². The third-order valence-electron chi connectivity index (χ3n) is 2.95. The van der Waals surface area contributed by atoms with Crippen LogP contribution in [-0.4, -0.2) is 37.6 Å². The second kappa shape index (κ2) is 8.12. The van der Waals surface area contributed by atoms with Crippen LogP contribution in [0, 0.1) is 5.92 Å². The Labute approximate surface area is 96.4 Å². The maximum Gasteiger partial charge on any atom is 0.0220 e. The highest BCUT2D eigenvalue weighted by molar-refractivity contribution is 4.77. The van der Waals surface area contributed by atoms with Crippen LogP contribution in [0.4, 0.5) is 0 Å². The fourth-order valence-corrected chi connectivity index (χ4v) is 1.91. The number of nitrogens with zero attached hydrogens (tertiary/aromatic N) is 1. The minimum atomic E-state index is 0.622. The van der Waals surface area contributed by atoms with E-state index in [2.05, 4.69) is 52.0 Å². The van der Waals surface area contributed by atoms with Crippen molar-refractivity contribution in [1.82, 2.24) is 10.2 Å². The molecule has 0 aliphatic heterocycles. The molecule has 0 rings (SSSR count). The summed E-state index contributed by atoms with van der Waals surface area (Å²) >= 11 is 0. The molecule has 0 heterocycles. The van der Waals surface area contributed by atoms with Crippen molar-refractivity contribution < 1.29 is 0 Å². The van der Waals surface area contributed by atoms with Crippen molar-refractivity contribution in [3.8, 4) is 0 Å². The highest BCUT2D eigenvalue weighted by Gasteiger charge is 2.17. The zero-order valence-corrected chi connectivity index (χ0v) is 11.5. The van der Waals surface area contributed by atoms with Crippen molar-refractivity contribution in [3.05, 3.63) is 0 Å². The first-order chi connectivity index (χ1) is 7.01. The summed E-state index contributed by atoms with van der Waals surface area (Å²) < 4.78 is 0. The molecule has 1 N–H and O–H groups in total. The highest BCUT2D eigenvalue weighted by Crippen LogP contribution is 2.08. The van der Waals surface area contributed by atoms with Gasteiger partial charge >= 0.3 is 0 Å². The number of nitrogens with one attached hydrogen (secondary N) is 1. The lowest BCUT2D eigenvalue weighted by Crippen LogP contribution is -2.46. The Morgan fingerprint density at radius 1 is 1.13 bits per heavy atom. The van der Waals surface area contributed by atoms with Crippen LogP contribution in [-0.2, 0) is 0 Å². The molecule has 2 atom stereocenters. The smallest absolute Gasteiger partial charge is 0.0220 e. The molecular formula is C13H30N2. The van der Waals surface area contributed by atoms with Gasteiger partial charge in [-0.15, -0.1) is 0 Å². The summed E-state index contributed by atoms with van der Waals surface area (Å²) in [6, 6.07) is 1.32. The third-order valence-corrected chi connectivity index (χ3v) is 2.95. The van der Waals surface area contributed by atoms with Gasteiger partial charge in [0.2, 0.25) is 0 Å². The molecule has 0 aliphatic carbocycles. The van der Waals surface area contributed by atoms with Gasteiger partial charge in [0.25, 0.3) is 0 Å². The summed E-state index contributed by atoms with van der Waals surface area (Å²) in [5.74, 6) is 0.707. The van der Waals surface area contributed by atoms with Gasteiger partial charge in [-0.05, 0) is 32.9 Å². The molecule has 0 bridgehead atoms. The van der Waals surface area contributed by atoms with E-state index >= 15 is 0 Å². The SMILES string of the molecule is CCCC(CC)NC(CN(C)C)C(C)C. The van der Waals surface area contributed by atoms with Crippen molar-refractivity contribution >= 4 is 0 Å². The molecule has 0 aromatic rings. The maximum atomic E-state index is 3.79. The van der Waals surface area contributed by atoms with E-state index in [1.807, 2.05) is 0 Å². The van der Waals surface area contributed by atoms with Gasteiger partial charge < -0.3 is 10.2 Å². The molecule has 0 saturated heterocycles. The fraction of sp³-hybridized carbons (Fsp3) is 1.00. The summed E-state index contributed by atoms with van der Waals surface area (Å²) in [5, 5.41) is 3.79. The lowest BCUT2D eigenvalue weighted by Gasteiger charge is -2.30. The Morgan fingerprint density at radius 2 is 1.73 bits per heavy atom. The van der Waals surface area contributed by atoms with Gasteiger partial charge in [-0.1, -0.05) is 34.1 Å². The van der Waals surface area contributed by atoms with Gasteiger partial charge in [0.15, 0.2) is 0 Å². The van der Waals surface area contributed by atoms with Crippen molar-refractivity contribution in [2.24, 2.45) is 5.92 Å². The number of hydrogen-bond acceptors (Lipinski definition) is 2. The first kappa shape index (κ1) is 14.9. The van der Waals surface area contributed by atoms with E-state index in [1.165, 1.54) is 19.3 Å². The average Bonchev–Trinajstić information content (AvgIpc) is 2.14. The van der Waals surface area contributed by atoms with Crippen molar-refractivity contribution in [1.29, 1.82) is 0 Å². The monoisotopic (exact) mass is 214 g/mol. The second-order valence-electron chi connectivity index (χ2n) is 5.17. The normalized spacial score (nSPS) is 16.0. The molecule has 0 aromatic carbocycles. The highest BCUT2D eigenvalue weighted by atomic mass is 15.1. The van der Waals surface area contributed by atoms with Gasteiger partial charge in [0, 0.05) is 18.6 Å². The van der Waals surface area contributed by atoms with Crippen LogP contribution in [0.5, 0.6) is 0 Å². The Hall–Kier alpha value is -0.0800. The van der Waals surface area contributed by atoms with E-state index < -0.39 is 0 Å². The zero-order valence-electron chi connectivity index (χ0n) is 11.5. The number of likely N-dealkylation sites (N-methyl/N-ethyl adjacent to an activating group) is 1. The minimum Gasteiger partial charge on any atom is -0.310 e. The zero-order chi connectivity index (χ0) is 11.8. The molecule has 0 aliphatic rings. The maximum absolute atomic E-state index is 3.79. The standard InChI is InChI=1S/C13H30N2/c1-7-9-12(8-2)14-13(11(3)4)10-15(5)6/h11-14H,7-10H2,1-6H3. The van der Waals surface area contributed by atoms with E-state index in [1.54, 1.807) is 0 Å². The average molecular weight is 214 g/mol. The predicted molar refractivity (Wildman–Crippen MR) is 69.3 cm³/mol. The molecule has 2 unspecified atom stereocenters. The Kier molecular flexibility index (Phi) is 8.07. The Balaban J connectivity index is 4.12. The molecule has 0 fully saturated rings. The third kappa shape index (κ3) is 6.91. The second-order valence-corrected chi connectivity index (χ2v) is 5.17. The van der Waals surface area contributed by atoms with Gasteiger partial charge in [-0.2, -0.15) is 0 Å². The molecule has 0 saturated carbocycles. The summed E-state index contributed by atoms with van der Waals surface area (Å²) in [6.07, 6.45) is 3.82. The number of hydrogen-bond donors (Lipinski definition) is 1. The molecule has 0 amide bonds. The summed E-state index contributed by atoms with van der Waals surface area (Å²) in [4.78, 5) is 2.27. The van der Waals surface area contributed by atoms with Gasteiger partial charge in [0.05, 0.1) is 0 Å². The van der Waals surface area contributed by atoms with Crippen LogP contribution in [0.15, 0.2) is 0 Å². The summed E-state index contributed by atoms with van der Waals surface area (Å²) in [7, 11) is 4.30.